The molecule has 1 aliphatic rings. The Morgan fingerprint density at radius 1 is 1.19 bits per heavy atom. The van der Waals surface area contributed by atoms with Gasteiger partial charge in [-0.05, 0) is 62.4 Å². The van der Waals surface area contributed by atoms with Crippen molar-refractivity contribution in [3.05, 3.63) is 57.0 Å². The van der Waals surface area contributed by atoms with Gasteiger partial charge in [-0.1, -0.05) is 24.6 Å². The molecule has 1 unspecified atom stereocenters. The van der Waals surface area contributed by atoms with Gasteiger partial charge in [0.1, 0.15) is 5.82 Å². The highest BCUT2D eigenvalue weighted by Crippen LogP contribution is 2.33. The molecular weight excluding hydrogens is 281 g/mol. The van der Waals surface area contributed by atoms with Gasteiger partial charge in [0.05, 0.1) is 0 Å². The third-order valence-electron chi connectivity index (χ3n) is 4.34. The van der Waals surface area contributed by atoms with E-state index in [4.69, 9.17) is 0 Å². The van der Waals surface area contributed by atoms with E-state index in [9.17, 15) is 4.39 Å². The molecule has 1 aromatic heterocycles. The molecule has 0 radical (unpaired) electrons. The quantitative estimate of drug-likeness (QED) is 0.810. The van der Waals surface area contributed by atoms with Crippen molar-refractivity contribution in [1.82, 2.24) is 5.32 Å². The minimum atomic E-state index is -0.101. The van der Waals surface area contributed by atoms with Crippen LogP contribution < -0.4 is 5.32 Å². The van der Waals surface area contributed by atoms with Gasteiger partial charge in [0.15, 0.2) is 0 Å². The van der Waals surface area contributed by atoms with E-state index in [-0.39, 0.29) is 11.9 Å². The van der Waals surface area contributed by atoms with Crippen molar-refractivity contribution >= 4 is 11.3 Å². The van der Waals surface area contributed by atoms with Gasteiger partial charge in [-0.15, -0.1) is 11.3 Å². The predicted molar refractivity (Wildman–Crippen MR) is 87.5 cm³/mol. The van der Waals surface area contributed by atoms with E-state index in [0.29, 0.717) is 6.42 Å². The fraction of sp³-hybridized carbons (Fsp3) is 0.444. The number of hydrogen-bond acceptors (Lipinski definition) is 2. The number of aryl methyl sites for hydroxylation is 2. The van der Waals surface area contributed by atoms with Crippen LogP contribution in [-0.2, 0) is 19.3 Å². The number of thiophene rings is 1. The lowest BCUT2D eigenvalue weighted by Crippen LogP contribution is -2.18. The van der Waals surface area contributed by atoms with Gasteiger partial charge >= 0.3 is 0 Å². The molecule has 1 aliphatic carbocycles. The van der Waals surface area contributed by atoms with Gasteiger partial charge < -0.3 is 5.32 Å². The zero-order chi connectivity index (χ0) is 14.7. The second-order valence-electron chi connectivity index (χ2n) is 5.79. The third-order valence-corrected chi connectivity index (χ3v) is 5.69. The van der Waals surface area contributed by atoms with Crippen molar-refractivity contribution < 1.29 is 4.39 Å². The summed E-state index contributed by atoms with van der Waals surface area (Å²) in [7, 11) is 1.97. The third kappa shape index (κ3) is 3.35. The molecule has 3 rings (SSSR count). The highest BCUT2D eigenvalue weighted by atomic mass is 32.1. The smallest absolute Gasteiger partial charge is 0.126 e. The van der Waals surface area contributed by atoms with Crippen LogP contribution in [0.4, 0.5) is 4.39 Å². The molecule has 0 aliphatic heterocycles. The molecule has 0 fully saturated rings. The van der Waals surface area contributed by atoms with Crippen LogP contribution in [0.3, 0.4) is 0 Å². The number of likely N-dealkylation sites (N-methyl/N-ethyl adjacent to an activating group) is 1. The highest BCUT2D eigenvalue weighted by molar-refractivity contribution is 7.12. The van der Waals surface area contributed by atoms with Crippen LogP contribution in [0.1, 0.15) is 46.2 Å². The normalized spacial score (nSPS) is 16.3. The van der Waals surface area contributed by atoms with E-state index in [0.717, 1.165) is 5.56 Å². The minimum Gasteiger partial charge on any atom is -0.312 e. The first kappa shape index (κ1) is 14.7. The van der Waals surface area contributed by atoms with Crippen molar-refractivity contribution in [1.29, 1.82) is 0 Å². The molecule has 0 saturated carbocycles. The van der Waals surface area contributed by atoms with E-state index < -0.39 is 0 Å². The second kappa shape index (κ2) is 6.71. The Balaban J connectivity index is 1.82. The molecule has 2 aromatic rings. The monoisotopic (exact) mass is 303 g/mol. The summed E-state index contributed by atoms with van der Waals surface area (Å²) in [5.74, 6) is -0.101. The number of hydrogen-bond donors (Lipinski definition) is 1. The number of halogens is 1. The molecule has 112 valence electrons. The van der Waals surface area contributed by atoms with E-state index >= 15 is 0 Å². The Kier molecular flexibility index (Phi) is 4.71. The molecule has 1 aromatic carbocycles. The molecule has 0 saturated heterocycles. The van der Waals surface area contributed by atoms with Gasteiger partial charge in [0.2, 0.25) is 0 Å². The summed E-state index contributed by atoms with van der Waals surface area (Å²) in [6.45, 7) is 0. The van der Waals surface area contributed by atoms with Gasteiger partial charge in [-0.3, -0.25) is 0 Å². The molecule has 0 bridgehead atoms. The zero-order valence-electron chi connectivity index (χ0n) is 12.5. The number of fused-ring (bicyclic) bond motifs is 1. The van der Waals surface area contributed by atoms with Crippen LogP contribution in [-0.4, -0.2) is 7.05 Å². The lowest BCUT2D eigenvalue weighted by Gasteiger charge is -2.15. The summed E-state index contributed by atoms with van der Waals surface area (Å²) in [6, 6.07) is 9.66. The van der Waals surface area contributed by atoms with Crippen LogP contribution in [0.15, 0.2) is 30.3 Å². The van der Waals surface area contributed by atoms with E-state index in [1.807, 2.05) is 30.5 Å². The highest BCUT2D eigenvalue weighted by Gasteiger charge is 2.18. The Labute approximate surface area is 130 Å². The molecule has 1 nitrogen and oxygen atoms in total. The van der Waals surface area contributed by atoms with Gasteiger partial charge in [-0.2, -0.15) is 0 Å². The Hall–Kier alpha value is -1.19. The van der Waals surface area contributed by atoms with E-state index in [1.165, 1.54) is 42.5 Å². The zero-order valence-corrected chi connectivity index (χ0v) is 13.3. The Morgan fingerprint density at radius 3 is 2.81 bits per heavy atom. The fourth-order valence-electron chi connectivity index (χ4n) is 3.09. The van der Waals surface area contributed by atoms with Crippen molar-refractivity contribution in [2.45, 2.75) is 44.6 Å². The fourth-order valence-corrected chi connectivity index (χ4v) is 4.46. The van der Waals surface area contributed by atoms with Crippen LogP contribution in [0, 0.1) is 5.82 Å². The number of nitrogens with one attached hydrogen (secondary N) is 1. The largest absolute Gasteiger partial charge is 0.312 e. The molecule has 1 atom stereocenters. The standard InChI is InChI=1S/C18H22FNS/c1-20-16(11-13-7-5-6-9-15(13)19)18-12-14-8-3-2-4-10-17(14)21-18/h5-7,9,12,16,20H,2-4,8,10-11H2,1H3. The van der Waals surface area contributed by atoms with Crippen LogP contribution in [0.2, 0.25) is 0 Å². The number of rotatable bonds is 4. The average Bonchev–Trinajstić information content (AvgIpc) is 2.77. The summed E-state index contributed by atoms with van der Waals surface area (Å²) < 4.78 is 13.9. The molecule has 21 heavy (non-hydrogen) atoms. The summed E-state index contributed by atoms with van der Waals surface area (Å²) in [5, 5.41) is 3.36. The molecule has 1 heterocycles. The molecule has 0 spiro atoms. The molecular formula is C18H22FNS. The first-order valence-electron chi connectivity index (χ1n) is 7.80. The van der Waals surface area contributed by atoms with E-state index in [2.05, 4.69) is 11.4 Å². The van der Waals surface area contributed by atoms with Crippen LogP contribution in [0.5, 0.6) is 0 Å². The topological polar surface area (TPSA) is 12.0 Å². The average molecular weight is 303 g/mol. The van der Waals surface area contributed by atoms with E-state index in [1.54, 1.807) is 17.0 Å². The Morgan fingerprint density at radius 2 is 2.00 bits per heavy atom. The van der Waals surface area contributed by atoms with Crippen molar-refractivity contribution in [2.75, 3.05) is 7.05 Å². The lowest BCUT2D eigenvalue weighted by molar-refractivity contribution is 0.559. The lowest BCUT2D eigenvalue weighted by atomic mass is 10.0. The first-order valence-corrected chi connectivity index (χ1v) is 8.61. The summed E-state index contributed by atoms with van der Waals surface area (Å²) in [5.41, 5.74) is 2.32. The minimum absolute atomic E-state index is 0.101. The molecule has 1 N–H and O–H groups in total. The SMILES string of the molecule is CNC(Cc1ccccc1F)c1cc2c(s1)CCCCC2. The summed E-state index contributed by atoms with van der Waals surface area (Å²) >= 11 is 1.92. The maximum Gasteiger partial charge on any atom is 0.126 e. The second-order valence-corrected chi connectivity index (χ2v) is 6.96. The van der Waals surface area contributed by atoms with Crippen LogP contribution in [0.25, 0.3) is 0 Å². The molecule has 3 heteroatoms. The summed E-state index contributed by atoms with van der Waals surface area (Å²) in [6.07, 6.45) is 7.10. The first-order chi connectivity index (χ1) is 10.3. The molecule has 0 amide bonds. The van der Waals surface area contributed by atoms with Crippen molar-refractivity contribution in [3.63, 3.8) is 0 Å². The maximum atomic E-state index is 13.9. The van der Waals surface area contributed by atoms with Gasteiger partial charge in [-0.25, -0.2) is 4.39 Å². The van der Waals surface area contributed by atoms with Crippen LogP contribution >= 0.6 is 11.3 Å². The number of benzene rings is 1. The van der Waals surface area contributed by atoms with Crippen molar-refractivity contribution in [3.8, 4) is 0 Å². The Bertz CT molecular complexity index is 582. The van der Waals surface area contributed by atoms with Gasteiger partial charge in [0, 0.05) is 15.8 Å². The van der Waals surface area contributed by atoms with Gasteiger partial charge in [0.25, 0.3) is 0 Å². The summed E-state index contributed by atoms with van der Waals surface area (Å²) in [4.78, 5) is 2.91. The predicted octanol–water partition coefficient (Wildman–Crippen LogP) is 4.66. The van der Waals surface area contributed by atoms with Crippen molar-refractivity contribution in [2.24, 2.45) is 0 Å². The maximum absolute atomic E-state index is 13.9.